The van der Waals surface area contributed by atoms with Crippen LogP contribution in [0.25, 0.3) is 10.9 Å². The monoisotopic (exact) mass is 323 g/mol. The van der Waals surface area contributed by atoms with Gasteiger partial charge in [0.2, 0.25) is 0 Å². The van der Waals surface area contributed by atoms with Crippen molar-refractivity contribution in [1.29, 1.82) is 0 Å². The zero-order chi connectivity index (χ0) is 16.5. The Balaban J connectivity index is 1.44. The van der Waals surface area contributed by atoms with E-state index >= 15 is 0 Å². The van der Waals surface area contributed by atoms with Gasteiger partial charge in [-0.1, -0.05) is 30.7 Å². The highest BCUT2D eigenvalue weighted by Gasteiger charge is 2.41. The largest absolute Gasteiger partial charge is 0.461 e. The maximum absolute atomic E-state index is 12.5. The number of Topliss-reactive ketones (excluding diaryl/α,β-unsaturated/α-hetero) is 1. The van der Waals surface area contributed by atoms with Crippen molar-refractivity contribution in [2.75, 3.05) is 0 Å². The third-order valence-electron chi connectivity index (χ3n) is 5.47. The van der Waals surface area contributed by atoms with Crippen molar-refractivity contribution in [3.63, 3.8) is 0 Å². The zero-order valence-corrected chi connectivity index (χ0v) is 13.6. The number of pyridine rings is 1. The predicted molar refractivity (Wildman–Crippen MR) is 90.1 cm³/mol. The van der Waals surface area contributed by atoms with Gasteiger partial charge in [-0.3, -0.25) is 14.6 Å². The summed E-state index contributed by atoms with van der Waals surface area (Å²) in [5.74, 6) is 0.250. The molecule has 4 heteroatoms. The van der Waals surface area contributed by atoms with E-state index in [1.165, 1.54) is 0 Å². The van der Waals surface area contributed by atoms with Crippen LogP contribution in [-0.4, -0.2) is 16.7 Å². The van der Waals surface area contributed by atoms with E-state index in [1.54, 1.807) is 6.20 Å². The minimum absolute atomic E-state index is 0.0780. The average Bonchev–Trinajstić information content (AvgIpc) is 2.59. The van der Waals surface area contributed by atoms with Crippen LogP contribution in [-0.2, 0) is 20.9 Å². The zero-order valence-electron chi connectivity index (χ0n) is 13.6. The first-order valence-electron chi connectivity index (χ1n) is 8.75. The minimum Gasteiger partial charge on any atom is -0.461 e. The number of carbonyl (C=O) groups excluding carboxylic acids is 2. The molecule has 0 spiro atoms. The van der Waals surface area contributed by atoms with Gasteiger partial charge in [-0.05, 0) is 31.7 Å². The summed E-state index contributed by atoms with van der Waals surface area (Å²) in [7, 11) is 0. The molecule has 4 nitrogen and oxygen atoms in total. The van der Waals surface area contributed by atoms with Gasteiger partial charge >= 0.3 is 5.97 Å². The molecule has 0 radical (unpaired) electrons. The van der Waals surface area contributed by atoms with E-state index in [0.29, 0.717) is 18.6 Å². The molecule has 2 saturated carbocycles. The summed E-state index contributed by atoms with van der Waals surface area (Å²) in [4.78, 5) is 29.0. The fourth-order valence-electron chi connectivity index (χ4n) is 4.22. The topological polar surface area (TPSA) is 56.3 Å². The molecule has 0 amide bonds. The van der Waals surface area contributed by atoms with Gasteiger partial charge in [0.15, 0.2) is 0 Å². The van der Waals surface area contributed by atoms with Crippen LogP contribution in [0.15, 0.2) is 36.5 Å². The average molecular weight is 323 g/mol. The van der Waals surface area contributed by atoms with E-state index in [0.717, 1.165) is 35.7 Å². The molecule has 1 heterocycles. The first kappa shape index (κ1) is 15.3. The number of hydrogen-bond acceptors (Lipinski definition) is 4. The molecule has 24 heavy (non-hydrogen) atoms. The molecule has 2 aromatic rings. The second-order valence-corrected chi connectivity index (χ2v) is 7.00. The molecule has 1 aromatic carbocycles. The fourth-order valence-corrected chi connectivity index (χ4v) is 4.22. The number of ether oxygens (including phenoxy) is 1. The van der Waals surface area contributed by atoms with E-state index in [2.05, 4.69) is 4.98 Å². The van der Waals surface area contributed by atoms with E-state index in [-0.39, 0.29) is 30.3 Å². The number of benzene rings is 1. The minimum atomic E-state index is -0.160. The SMILES string of the molecule is O=C(OCc1cccc2cccnc12)C1C[C@H]2CCC[C@@H](C1)C2=O. The normalized spacial score (nSPS) is 26.3. The molecular formula is C20H21NO3. The Bertz CT molecular complexity index is 764. The number of ketones is 1. The molecule has 0 aliphatic heterocycles. The van der Waals surface area contributed by atoms with E-state index < -0.39 is 0 Å². The number of hydrogen-bond donors (Lipinski definition) is 0. The van der Waals surface area contributed by atoms with Gasteiger partial charge in [-0.15, -0.1) is 0 Å². The van der Waals surface area contributed by atoms with Crippen molar-refractivity contribution < 1.29 is 14.3 Å². The van der Waals surface area contributed by atoms with Gasteiger partial charge in [0.25, 0.3) is 0 Å². The lowest BCUT2D eigenvalue weighted by Gasteiger charge is -2.36. The van der Waals surface area contributed by atoms with Crippen LogP contribution in [0.5, 0.6) is 0 Å². The van der Waals surface area contributed by atoms with Gasteiger partial charge < -0.3 is 4.74 Å². The molecule has 124 valence electrons. The van der Waals surface area contributed by atoms with Gasteiger partial charge in [0, 0.05) is 29.0 Å². The molecule has 4 rings (SSSR count). The lowest BCUT2D eigenvalue weighted by atomic mass is 9.67. The summed E-state index contributed by atoms with van der Waals surface area (Å²) in [5.41, 5.74) is 1.80. The smallest absolute Gasteiger partial charge is 0.309 e. The van der Waals surface area contributed by atoms with Gasteiger partial charge in [0.1, 0.15) is 12.4 Å². The summed E-state index contributed by atoms with van der Waals surface area (Å²) in [5, 5.41) is 1.05. The molecule has 0 N–H and O–H groups in total. The quantitative estimate of drug-likeness (QED) is 0.809. The van der Waals surface area contributed by atoms with Crippen molar-refractivity contribution in [1.82, 2.24) is 4.98 Å². The lowest BCUT2D eigenvalue weighted by molar-refractivity contribution is -0.154. The molecular weight excluding hydrogens is 302 g/mol. The first-order chi connectivity index (χ1) is 11.7. The molecule has 0 saturated heterocycles. The van der Waals surface area contributed by atoms with Crippen LogP contribution in [0.1, 0.15) is 37.7 Å². The summed E-state index contributed by atoms with van der Waals surface area (Å²) in [6.07, 6.45) is 6.08. The molecule has 1 aromatic heterocycles. The number of esters is 1. The first-order valence-corrected chi connectivity index (χ1v) is 8.75. The van der Waals surface area contributed by atoms with Crippen LogP contribution in [0.4, 0.5) is 0 Å². The third-order valence-corrected chi connectivity index (χ3v) is 5.47. The van der Waals surface area contributed by atoms with Gasteiger partial charge in [-0.25, -0.2) is 0 Å². The van der Waals surface area contributed by atoms with Crippen molar-refractivity contribution in [3.05, 3.63) is 42.1 Å². The van der Waals surface area contributed by atoms with E-state index in [4.69, 9.17) is 4.74 Å². The Morgan fingerprint density at radius 2 is 1.88 bits per heavy atom. The van der Waals surface area contributed by atoms with Gasteiger partial charge in [0.05, 0.1) is 11.4 Å². The summed E-state index contributed by atoms with van der Waals surface area (Å²) in [6.45, 7) is 0.243. The molecule has 2 bridgehead atoms. The summed E-state index contributed by atoms with van der Waals surface area (Å²) < 4.78 is 5.59. The van der Waals surface area contributed by atoms with E-state index in [1.807, 2.05) is 30.3 Å². The Hall–Kier alpha value is -2.23. The predicted octanol–water partition coefficient (Wildman–Crippen LogP) is 3.67. The third kappa shape index (κ3) is 2.81. The van der Waals surface area contributed by atoms with E-state index in [9.17, 15) is 9.59 Å². The van der Waals surface area contributed by atoms with Crippen molar-refractivity contribution in [2.45, 2.75) is 38.7 Å². The second-order valence-electron chi connectivity index (χ2n) is 7.00. The van der Waals surface area contributed by atoms with Crippen LogP contribution >= 0.6 is 0 Å². The highest BCUT2D eigenvalue weighted by molar-refractivity contribution is 5.87. The molecule has 2 aliphatic rings. The Morgan fingerprint density at radius 1 is 1.12 bits per heavy atom. The maximum Gasteiger partial charge on any atom is 0.309 e. The van der Waals surface area contributed by atoms with Crippen LogP contribution in [0.2, 0.25) is 0 Å². The number of carbonyl (C=O) groups is 2. The number of rotatable bonds is 3. The van der Waals surface area contributed by atoms with Crippen LogP contribution in [0, 0.1) is 17.8 Å². The molecule has 1 unspecified atom stereocenters. The van der Waals surface area contributed by atoms with Crippen LogP contribution in [0.3, 0.4) is 0 Å². The number of para-hydroxylation sites is 1. The highest BCUT2D eigenvalue weighted by atomic mass is 16.5. The number of fused-ring (bicyclic) bond motifs is 3. The molecule has 2 aliphatic carbocycles. The van der Waals surface area contributed by atoms with Crippen molar-refractivity contribution in [3.8, 4) is 0 Å². The number of nitrogens with zero attached hydrogens (tertiary/aromatic N) is 1. The van der Waals surface area contributed by atoms with Gasteiger partial charge in [-0.2, -0.15) is 0 Å². The van der Waals surface area contributed by atoms with Crippen molar-refractivity contribution in [2.24, 2.45) is 17.8 Å². The fraction of sp³-hybridized carbons (Fsp3) is 0.450. The molecule has 3 atom stereocenters. The Morgan fingerprint density at radius 3 is 2.67 bits per heavy atom. The Labute approximate surface area is 141 Å². The standard InChI is InChI=1S/C20H21NO3/c22-19-14-5-2-6-15(19)11-17(10-14)20(23)24-12-16-7-1-4-13-8-3-9-21-18(13)16/h1,3-4,7-9,14-15,17H,2,5-6,10-12H2/t14-,15+,17?. The lowest BCUT2D eigenvalue weighted by Crippen LogP contribution is -2.39. The van der Waals surface area contributed by atoms with Crippen LogP contribution < -0.4 is 0 Å². The summed E-state index contributed by atoms with van der Waals surface area (Å²) >= 11 is 0. The maximum atomic E-state index is 12.5. The second kappa shape index (κ2) is 6.34. The highest BCUT2D eigenvalue weighted by Crippen LogP contribution is 2.40. The number of aromatic nitrogens is 1. The molecule has 2 fully saturated rings. The Kier molecular flexibility index (Phi) is 4.05. The van der Waals surface area contributed by atoms with Crippen molar-refractivity contribution >= 4 is 22.7 Å². The summed E-state index contributed by atoms with van der Waals surface area (Å²) in [6, 6.07) is 9.80.